The highest BCUT2D eigenvalue weighted by molar-refractivity contribution is 5.47. The summed E-state index contributed by atoms with van der Waals surface area (Å²) in [4.78, 5) is 4.43. The van der Waals surface area contributed by atoms with Gasteiger partial charge in [-0.2, -0.15) is 0 Å². The number of nitrogens with zero attached hydrogens (tertiary/aromatic N) is 5. The molecule has 3 aromatic rings. The first-order valence-electron chi connectivity index (χ1n) is 8.27. The number of rotatable bonds is 4. The molecule has 1 saturated carbocycles. The fourth-order valence-electron chi connectivity index (χ4n) is 3.41. The Morgan fingerprint density at radius 3 is 2.87 bits per heavy atom. The molecule has 0 amide bonds. The van der Waals surface area contributed by atoms with Crippen LogP contribution in [0.2, 0.25) is 0 Å². The molecule has 0 spiro atoms. The van der Waals surface area contributed by atoms with Gasteiger partial charge in [-0.1, -0.05) is 19.3 Å². The third-order valence-corrected chi connectivity index (χ3v) is 4.60. The van der Waals surface area contributed by atoms with Crippen molar-refractivity contribution in [3.8, 4) is 11.6 Å². The van der Waals surface area contributed by atoms with E-state index in [1.165, 1.54) is 32.1 Å². The Labute approximate surface area is 135 Å². The first-order valence-corrected chi connectivity index (χ1v) is 8.27. The number of aromatic nitrogens is 5. The van der Waals surface area contributed by atoms with E-state index in [1.807, 2.05) is 31.6 Å². The van der Waals surface area contributed by atoms with Gasteiger partial charge in [-0.05, 0) is 31.9 Å². The lowest BCUT2D eigenvalue weighted by Crippen LogP contribution is -2.16. The molecule has 120 valence electrons. The van der Waals surface area contributed by atoms with Gasteiger partial charge in [-0.15, -0.1) is 10.2 Å². The summed E-state index contributed by atoms with van der Waals surface area (Å²) in [5, 5.41) is 8.48. The van der Waals surface area contributed by atoms with Gasteiger partial charge in [0.05, 0.1) is 6.54 Å². The van der Waals surface area contributed by atoms with E-state index in [4.69, 9.17) is 4.42 Å². The molecule has 0 radical (unpaired) electrons. The monoisotopic (exact) mass is 311 g/mol. The van der Waals surface area contributed by atoms with Crippen molar-refractivity contribution in [2.24, 2.45) is 0 Å². The third kappa shape index (κ3) is 2.81. The quantitative estimate of drug-likeness (QED) is 0.738. The molecule has 0 unspecified atom stereocenters. The van der Waals surface area contributed by atoms with Gasteiger partial charge in [-0.25, -0.2) is 4.98 Å². The molecule has 23 heavy (non-hydrogen) atoms. The Morgan fingerprint density at radius 1 is 1.22 bits per heavy atom. The van der Waals surface area contributed by atoms with Gasteiger partial charge in [0.25, 0.3) is 0 Å². The highest BCUT2D eigenvalue weighted by Crippen LogP contribution is 2.29. The largest absolute Gasteiger partial charge is 0.458 e. The van der Waals surface area contributed by atoms with Crippen molar-refractivity contribution in [1.29, 1.82) is 0 Å². The SMILES string of the molecule is Cc1ccc(-c2nccn2Cc2nncn2C2CCCCC2)o1. The predicted octanol–water partition coefficient (Wildman–Crippen LogP) is 3.60. The van der Waals surface area contributed by atoms with Crippen molar-refractivity contribution in [1.82, 2.24) is 24.3 Å². The van der Waals surface area contributed by atoms with Crippen molar-refractivity contribution >= 4 is 0 Å². The zero-order chi connectivity index (χ0) is 15.6. The zero-order valence-electron chi connectivity index (χ0n) is 13.4. The van der Waals surface area contributed by atoms with Crippen molar-refractivity contribution in [2.45, 2.75) is 51.6 Å². The first-order chi connectivity index (χ1) is 11.3. The molecule has 1 aliphatic rings. The van der Waals surface area contributed by atoms with Gasteiger partial charge in [0.15, 0.2) is 17.4 Å². The van der Waals surface area contributed by atoms with E-state index < -0.39 is 0 Å². The Hall–Kier alpha value is -2.37. The maximum atomic E-state index is 5.71. The molecular formula is C17H21N5O. The Balaban J connectivity index is 1.60. The van der Waals surface area contributed by atoms with Gasteiger partial charge in [0.2, 0.25) is 0 Å². The molecule has 4 rings (SSSR count). The topological polar surface area (TPSA) is 61.7 Å². The van der Waals surface area contributed by atoms with Crippen molar-refractivity contribution in [3.63, 3.8) is 0 Å². The van der Waals surface area contributed by atoms with Crippen LogP contribution in [0.4, 0.5) is 0 Å². The van der Waals surface area contributed by atoms with Crippen LogP contribution in [0, 0.1) is 6.92 Å². The summed E-state index contributed by atoms with van der Waals surface area (Å²) in [6.07, 6.45) is 12.0. The fourth-order valence-corrected chi connectivity index (χ4v) is 3.41. The summed E-state index contributed by atoms with van der Waals surface area (Å²) in [6, 6.07) is 4.45. The van der Waals surface area contributed by atoms with E-state index in [-0.39, 0.29) is 0 Å². The number of hydrogen-bond acceptors (Lipinski definition) is 4. The third-order valence-electron chi connectivity index (χ3n) is 4.60. The molecule has 1 aliphatic carbocycles. The summed E-state index contributed by atoms with van der Waals surface area (Å²) >= 11 is 0. The van der Waals surface area contributed by atoms with Gasteiger partial charge >= 0.3 is 0 Å². The molecule has 3 aromatic heterocycles. The minimum Gasteiger partial charge on any atom is -0.458 e. The van der Waals surface area contributed by atoms with Gasteiger partial charge in [0, 0.05) is 18.4 Å². The van der Waals surface area contributed by atoms with Crippen LogP contribution in [0.1, 0.15) is 49.7 Å². The van der Waals surface area contributed by atoms with Crippen LogP contribution in [0.3, 0.4) is 0 Å². The van der Waals surface area contributed by atoms with Crippen molar-refractivity contribution in [2.75, 3.05) is 0 Å². The fraction of sp³-hybridized carbons (Fsp3) is 0.471. The molecular weight excluding hydrogens is 290 g/mol. The first kappa shape index (κ1) is 14.2. The summed E-state index contributed by atoms with van der Waals surface area (Å²) in [5.74, 6) is 3.49. The Kier molecular flexibility index (Phi) is 3.73. The molecule has 6 heteroatoms. The lowest BCUT2D eigenvalue weighted by molar-refractivity contribution is 0.343. The second-order valence-electron chi connectivity index (χ2n) is 6.24. The molecule has 0 bridgehead atoms. The number of imidazole rings is 1. The Bertz CT molecular complexity index is 778. The van der Waals surface area contributed by atoms with E-state index >= 15 is 0 Å². The average molecular weight is 311 g/mol. The lowest BCUT2D eigenvalue weighted by Gasteiger charge is -2.24. The average Bonchev–Trinajstić information content (AvgIpc) is 3.29. The van der Waals surface area contributed by atoms with E-state index in [1.54, 1.807) is 6.20 Å². The smallest absolute Gasteiger partial charge is 0.176 e. The minimum atomic E-state index is 0.534. The van der Waals surface area contributed by atoms with Crippen LogP contribution >= 0.6 is 0 Å². The van der Waals surface area contributed by atoms with Gasteiger partial charge in [-0.3, -0.25) is 0 Å². The predicted molar refractivity (Wildman–Crippen MR) is 85.9 cm³/mol. The van der Waals surface area contributed by atoms with Crippen LogP contribution in [-0.2, 0) is 6.54 Å². The second-order valence-corrected chi connectivity index (χ2v) is 6.24. The molecule has 3 heterocycles. The summed E-state index contributed by atoms with van der Waals surface area (Å²) in [7, 11) is 0. The normalized spacial score (nSPS) is 16.0. The molecule has 0 N–H and O–H groups in total. The second kappa shape index (κ2) is 6.02. The van der Waals surface area contributed by atoms with Gasteiger partial charge in [0.1, 0.15) is 12.1 Å². The van der Waals surface area contributed by atoms with Crippen molar-refractivity contribution in [3.05, 3.63) is 42.4 Å². The van der Waals surface area contributed by atoms with Crippen LogP contribution in [0.5, 0.6) is 0 Å². The number of hydrogen-bond donors (Lipinski definition) is 0. The maximum Gasteiger partial charge on any atom is 0.176 e. The molecule has 0 aliphatic heterocycles. The summed E-state index contributed by atoms with van der Waals surface area (Å²) in [5.41, 5.74) is 0. The van der Waals surface area contributed by atoms with Crippen LogP contribution < -0.4 is 0 Å². The number of aryl methyl sites for hydroxylation is 1. The van der Waals surface area contributed by atoms with Crippen molar-refractivity contribution < 1.29 is 4.42 Å². The standard InChI is InChI=1S/C17H21N5O/c1-13-7-8-15(23-13)17-18-9-10-21(17)11-16-20-19-12-22(16)14-5-3-2-4-6-14/h7-10,12,14H,2-6,11H2,1H3. The Morgan fingerprint density at radius 2 is 2.09 bits per heavy atom. The molecule has 6 nitrogen and oxygen atoms in total. The van der Waals surface area contributed by atoms with Crippen LogP contribution in [0.15, 0.2) is 35.3 Å². The molecule has 0 saturated heterocycles. The lowest BCUT2D eigenvalue weighted by atomic mass is 9.95. The van der Waals surface area contributed by atoms with Crippen LogP contribution in [0.25, 0.3) is 11.6 Å². The van der Waals surface area contributed by atoms with Gasteiger partial charge < -0.3 is 13.6 Å². The molecule has 1 fully saturated rings. The van der Waals surface area contributed by atoms with E-state index in [0.29, 0.717) is 12.6 Å². The summed E-state index contributed by atoms with van der Waals surface area (Å²) in [6.45, 7) is 2.60. The zero-order valence-corrected chi connectivity index (χ0v) is 13.4. The molecule has 0 atom stereocenters. The highest BCUT2D eigenvalue weighted by atomic mass is 16.3. The summed E-state index contributed by atoms with van der Waals surface area (Å²) < 4.78 is 10.0. The van der Waals surface area contributed by atoms with E-state index in [2.05, 4.69) is 24.3 Å². The van der Waals surface area contributed by atoms with E-state index in [0.717, 1.165) is 23.2 Å². The molecule has 0 aromatic carbocycles. The number of furan rings is 1. The highest BCUT2D eigenvalue weighted by Gasteiger charge is 2.19. The van der Waals surface area contributed by atoms with Crippen LogP contribution in [-0.4, -0.2) is 24.3 Å². The minimum absolute atomic E-state index is 0.534. The maximum absolute atomic E-state index is 5.71. The van der Waals surface area contributed by atoms with E-state index in [9.17, 15) is 0 Å².